The van der Waals surface area contributed by atoms with E-state index in [1.807, 2.05) is 9.97 Å². The maximum absolute atomic E-state index is 12.0. The van der Waals surface area contributed by atoms with Crippen molar-refractivity contribution in [1.29, 1.82) is 0 Å². The predicted molar refractivity (Wildman–Crippen MR) is 131 cm³/mol. The van der Waals surface area contributed by atoms with Crippen molar-refractivity contribution in [2.24, 2.45) is 0 Å². The van der Waals surface area contributed by atoms with E-state index in [1.54, 1.807) is 0 Å². The van der Waals surface area contributed by atoms with E-state index in [1.165, 1.54) is 0 Å². The molecule has 24 heteroatoms. The molecule has 2 aliphatic heterocycles. The summed E-state index contributed by atoms with van der Waals surface area (Å²) >= 11 is 0. The third kappa shape index (κ3) is 7.42. The van der Waals surface area contributed by atoms with Crippen molar-refractivity contribution in [3.63, 3.8) is 0 Å². The summed E-state index contributed by atoms with van der Waals surface area (Å²) in [5, 5.41) is 40.6. The van der Waals surface area contributed by atoms with Crippen molar-refractivity contribution in [3.8, 4) is 0 Å². The molecule has 4 rings (SSSR count). The summed E-state index contributed by atoms with van der Waals surface area (Å²) in [6.07, 6.45) is -10.1. The maximum atomic E-state index is 12.0. The first-order chi connectivity index (χ1) is 19.8. The van der Waals surface area contributed by atoms with Crippen LogP contribution in [0.15, 0.2) is 43.7 Å². The fourth-order valence-electron chi connectivity index (χ4n) is 3.89. The van der Waals surface area contributed by atoms with Gasteiger partial charge in [-0.3, -0.25) is 28.7 Å². The Balaban J connectivity index is 1.21. The van der Waals surface area contributed by atoms with Gasteiger partial charge in [-0.05, 0) is 0 Å². The molecule has 0 aromatic carbocycles. The van der Waals surface area contributed by atoms with E-state index in [0.717, 1.165) is 33.7 Å². The minimum Gasteiger partial charge on any atom is -0.387 e. The monoisotopic (exact) mass is 659 g/mol. The number of ether oxygens (including phenoxy) is 2. The quantitative estimate of drug-likeness (QED) is 0.127. The van der Waals surface area contributed by atoms with Gasteiger partial charge in [-0.25, -0.2) is 9.59 Å². The van der Waals surface area contributed by atoms with Crippen LogP contribution in [-0.2, 0) is 40.8 Å². The highest BCUT2D eigenvalue weighted by Gasteiger charge is 2.53. The number of aliphatic hydroxyl groups is 4. The number of H-pyrrole nitrogens is 2. The van der Waals surface area contributed by atoms with Crippen LogP contribution in [0.25, 0.3) is 0 Å². The summed E-state index contributed by atoms with van der Waals surface area (Å²) in [5.41, 5.74) is -3.29. The van der Waals surface area contributed by atoms with Gasteiger partial charge in [0.2, 0.25) is 0 Å². The number of hydrogen-bond donors (Lipinski definition) is 6. The summed E-state index contributed by atoms with van der Waals surface area (Å²) in [6, 6.07) is 1.95. The molecule has 2 aromatic rings. The Morgan fingerprint density at radius 3 is 1.40 bits per heavy atom. The van der Waals surface area contributed by atoms with Crippen LogP contribution in [0.3, 0.4) is 0 Å². The smallest absolute Gasteiger partial charge is 0.387 e. The summed E-state index contributed by atoms with van der Waals surface area (Å²) in [7, 11) is -9.85. The molecule has 4 heterocycles. The van der Waals surface area contributed by atoms with Gasteiger partial charge in [0.1, 0.15) is 49.8 Å². The molecule has 0 bridgehead atoms. The molecule has 0 amide bonds. The Morgan fingerprint density at radius 2 is 1.05 bits per heavy atom. The number of rotatable bonds is 12. The van der Waals surface area contributed by atoms with Gasteiger partial charge in [0, 0.05) is 38.2 Å². The number of nitrogens with zero attached hydrogens (tertiary/aromatic N) is 2. The Kier molecular flexibility index (Phi) is 10.5. The van der Waals surface area contributed by atoms with Crippen LogP contribution < -0.4 is 22.5 Å². The average Bonchev–Trinajstić information content (AvgIpc) is 3.36. The lowest BCUT2D eigenvalue weighted by Crippen LogP contribution is -2.37. The highest BCUT2D eigenvalue weighted by atomic mass is 31.2. The van der Waals surface area contributed by atoms with Crippen molar-refractivity contribution in [2.45, 2.75) is 49.1 Å². The second-order valence-corrected chi connectivity index (χ2v) is 11.7. The van der Waals surface area contributed by atoms with Gasteiger partial charge in [-0.2, -0.15) is 0 Å². The molecule has 21 nitrogen and oxygen atoms in total. The molecule has 228 valence electrons. The van der Waals surface area contributed by atoms with Gasteiger partial charge in [-0.1, -0.05) is 0 Å². The second kappa shape index (κ2) is 13.7. The Bertz CT molecular complexity index is 1460. The molecule has 0 aliphatic carbocycles. The second-order valence-electron chi connectivity index (χ2n) is 8.55. The highest BCUT2D eigenvalue weighted by molar-refractivity contribution is 7.53. The normalized spacial score (nSPS) is 30.3. The van der Waals surface area contributed by atoms with Crippen molar-refractivity contribution >= 4 is 24.8 Å². The minimum absolute atomic E-state index is 0.702. The Labute approximate surface area is 234 Å². The van der Waals surface area contributed by atoms with E-state index in [2.05, 4.69) is 8.62 Å². The number of nitrogens with one attached hydrogen (secondary N) is 2. The molecule has 42 heavy (non-hydrogen) atoms. The number of aromatic amines is 2. The molecular weight excluding hydrogens is 637 g/mol. The van der Waals surface area contributed by atoms with Gasteiger partial charge in [0.05, 0.1) is 0 Å². The molecule has 6 N–H and O–H groups in total. The molecule has 0 radical (unpaired) electrons. The first-order valence-electron chi connectivity index (χ1n) is 11.6. The summed E-state index contributed by atoms with van der Waals surface area (Å²) in [5.74, 6) is 0. The molecule has 10 atom stereocenters. The number of hydrogen-bond acceptors (Lipinski definition) is 17. The van der Waals surface area contributed by atoms with E-state index in [9.17, 15) is 53.3 Å². The van der Waals surface area contributed by atoms with E-state index in [0.29, 0.717) is 0 Å². The van der Waals surface area contributed by atoms with Crippen LogP contribution in [0.1, 0.15) is 12.5 Å². The zero-order valence-corrected chi connectivity index (χ0v) is 23.4. The molecule has 2 aromatic heterocycles. The highest BCUT2D eigenvalue weighted by Crippen LogP contribution is 2.47. The molecule has 0 spiro atoms. The lowest BCUT2D eigenvalue weighted by molar-refractivity contribution is -0.0519. The standard InChI is InChI=1S/C18H20N4O17P3/c23-9-1-3-21(17(29)19-9)15-13(27)11(25)7(36-15)5-34-40(31)38-42(33)39-41(32)35-6-8-12(26)14(28)16(37-8)22-4-2-10(24)20-18(22)30/h1-4,7-8,11-16,25-28H,5-6H2/q+1/p+2/t7-,8-,11?,12?,13+,14+,15-,16-/m1/s1. The fraction of sp³-hybridized carbons (Fsp3) is 0.556. The SMILES string of the molecule is O=c1ccn([C@@H]2O[C@H](CO[P+](=O)O[P+](=O)O[P+](=O)OC[C@H]3O[C@@H](n4ccc(=O)[nH]c4=O)[C@@H](O)C3O)C(O)[C@@H]2O)c(=O)[nH]1. The van der Waals surface area contributed by atoms with Gasteiger partial charge >= 0.3 is 36.1 Å². The van der Waals surface area contributed by atoms with Gasteiger partial charge in [0.15, 0.2) is 21.1 Å². The summed E-state index contributed by atoms with van der Waals surface area (Å²) in [4.78, 5) is 50.1. The van der Waals surface area contributed by atoms with Crippen LogP contribution in [0.5, 0.6) is 0 Å². The van der Waals surface area contributed by atoms with Crippen molar-refractivity contribution in [1.82, 2.24) is 19.1 Å². The Morgan fingerprint density at radius 1 is 0.667 bits per heavy atom. The predicted octanol–water partition coefficient (Wildman–Crippen LogP) is -2.64. The lowest BCUT2D eigenvalue weighted by Gasteiger charge is -2.16. The molecule has 2 saturated heterocycles. The van der Waals surface area contributed by atoms with E-state index >= 15 is 0 Å². The Hall–Kier alpha value is -2.74. The van der Waals surface area contributed by atoms with Crippen molar-refractivity contribution in [2.75, 3.05) is 13.2 Å². The van der Waals surface area contributed by atoms with Crippen LogP contribution in [0.2, 0.25) is 0 Å². The van der Waals surface area contributed by atoms with E-state index < -0.39 is 110 Å². The third-order valence-corrected chi connectivity index (χ3v) is 8.73. The third-order valence-electron chi connectivity index (χ3n) is 5.88. The van der Waals surface area contributed by atoms with Crippen LogP contribution in [0.4, 0.5) is 0 Å². The number of aliphatic hydroxyl groups excluding tert-OH is 4. The maximum Gasteiger partial charge on any atom is 0.798 e. The molecule has 2 aliphatic rings. The topological polar surface area (TPSA) is 297 Å². The summed E-state index contributed by atoms with van der Waals surface area (Å²) < 4.78 is 66.5. The van der Waals surface area contributed by atoms with Gasteiger partial charge in [0.25, 0.3) is 11.1 Å². The van der Waals surface area contributed by atoms with Crippen LogP contribution >= 0.6 is 24.8 Å². The lowest BCUT2D eigenvalue weighted by atomic mass is 10.1. The van der Waals surface area contributed by atoms with Crippen molar-refractivity contribution in [3.05, 3.63) is 66.2 Å². The van der Waals surface area contributed by atoms with Crippen molar-refractivity contribution < 1.29 is 61.3 Å². The van der Waals surface area contributed by atoms with E-state index in [4.69, 9.17) is 18.5 Å². The summed E-state index contributed by atoms with van der Waals surface area (Å²) in [6.45, 7) is -1.40. The van der Waals surface area contributed by atoms with Gasteiger partial charge < -0.3 is 29.9 Å². The number of aromatic nitrogens is 4. The van der Waals surface area contributed by atoms with Gasteiger partial charge in [-0.15, -0.1) is 9.05 Å². The van der Waals surface area contributed by atoms with Crippen LogP contribution in [0, 0.1) is 0 Å². The molecule has 4 unspecified atom stereocenters. The molecule has 2 fully saturated rings. The minimum atomic E-state index is -3.38. The first-order valence-corrected chi connectivity index (χ1v) is 14.8. The zero-order chi connectivity index (χ0) is 30.7. The largest absolute Gasteiger partial charge is 0.798 e. The fourth-order valence-corrected chi connectivity index (χ4v) is 6.06. The molecular formula is C18H22N4O17P3+3. The average molecular weight is 659 g/mol. The first kappa shape index (κ1) is 32.2. The molecule has 0 saturated carbocycles. The zero-order valence-electron chi connectivity index (χ0n) is 20.7. The van der Waals surface area contributed by atoms with Crippen LogP contribution in [-0.4, -0.2) is 89.4 Å². The van der Waals surface area contributed by atoms with E-state index in [-0.39, 0.29) is 0 Å².